The van der Waals surface area contributed by atoms with Crippen LogP contribution in [0.15, 0.2) is 41.0 Å². The van der Waals surface area contributed by atoms with Crippen molar-refractivity contribution in [3.8, 4) is 11.1 Å². The molecule has 118 valence electrons. The molecule has 23 heavy (non-hydrogen) atoms. The van der Waals surface area contributed by atoms with Gasteiger partial charge in [0.25, 0.3) is 0 Å². The fourth-order valence-corrected chi connectivity index (χ4v) is 3.56. The molecule has 0 unspecified atom stereocenters. The number of hydrogen-bond donors (Lipinski definition) is 1. The van der Waals surface area contributed by atoms with E-state index in [4.69, 9.17) is 10.7 Å². The molecule has 1 aliphatic rings. The van der Waals surface area contributed by atoms with Gasteiger partial charge in [0.15, 0.2) is 5.65 Å². The number of nitrogens with zero attached hydrogens (tertiary/aromatic N) is 4. The monoisotopic (exact) mass is 371 g/mol. The van der Waals surface area contributed by atoms with E-state index >= 15 is 0 Å². The molecule has 4 rings (SSSR count). The van der Waals surface area contributed by atoms with Crippen LogP contribution in [0.4, 0.5) is 11.6 Å². The Morgan fingerprint density at radius 2 is 2.04 bits per heavy atom. The molecule has 0 bridgehead atoms. The molecule has 2 aromatic heterocycles. The lowest BCUT2D eigenvalue weighted by Gasteiger charge is -2.22. The van der Waals surface area contributed by atoms with Gasteiger partial charge in [-0.25, -0.2) is 4.98 Å². The van der Waals surface area contributed by atoms with E-state index in [2.05, 4.69) is 45.0 Å². The highest BCUT2D eigenvalue weighted by Gasteiger charge is 2.26. The Morgan fingerprint density at radius 1 is 1.26 bits per heavy atom. The zero-order chi connectivity index (χ0) is 16.0. The van der Waals surface area contributed by atoms with Crippen LogP contribution in [-0.4, -0.2) is 27.7 Å². The summed E-state index contributed by atoms with van der Waals surface area (Å²) in [5.41, 5.74) is 9.27. The van der Waals surface area contributed by atoms with Crippen molar-refractivity contribution in [2.45, 2.75) is 13.3 Å². The first kappa shape index (κ1) is 14.5. The highest BCUT2D eigenvalue weighted by molar-refractivity contribution is 9.10. The maximum atomic E-state index is 6.48. The van der Waals surface area contributed by atoms with Crippen LogP contribution in [0.2, 0.25) is 0 Å². The lowest BCUT2D eigenvalue weighted by atomic mass is 10.1. The Labute approximate surface area is 143 Å². The molecule has 0 saturated carbocycles. The van der Waals surface area contributed by atoms with Crippen molar-refractivity contribution >= 4 is 33.2 Å². The van der Waals surface area contributed by atoms with Gasteiger partial charge >= 0.3 is 0 Å². The first-order valence-corrected chi connectivity index (χ1v) is 8.57. The summed E-state index contributed by atoms with van der Waals surface area (Å²) in [5, 5.41) is 4.35. The number of benzene rings is 1. The number of hydrogen-bond acceptors (Lipinski definition) is 4. The van der Waals surface area contributed by atoms with Gasteiger partial charge < -0.3 is 10.6 Å². The molecular formula is C17H18BrN5. The SMILES string of the molecule is C[C@H]1CCN(c2nc3c(Br)cnn3c(N)c2-c2ccccc2)C1. The minimum absolute atomic E-state index is 0.626. The number of fused-ring (bicyclic) bond motifs is 1. The number of nitrogens with two attached hydrogens (primary N) is 1. The Bertz CT molecular complexity index is 858. The molecule has 1 atom stereocenters. The molecule has 0 spiro atoms. The summed E-state index contributed by atoms with van der Waals surface area (Å²) < 4.78 is 2.56. The van der Waals surface area contributed by atoms with Crippen molar-refractivity contribution in [3.63, 3.8) is 0 Å². The fraction of sp³-hybridized carbons (Fsp3) is 0.294. The van der Waals surface area contributed by atoms with Crippen LogP contribution >= 0.6 is 15.9 Å². The Morgan fingerprint density at radius 3 is 2.74 bits per heavy atom. The highest BCUT2D eigenvalue weighted by atomic mass is 79.9. The fourth-order valence-electron chi connectivity index (χ4n) is 3.21. The van der Waals surface area contributed by atoms with Gasteiger partial charge in [-0.2, -0.15) is 9.61 Å². The second kappa shape index (κ2) is 5.53. The number of anilines is 2. The zero-order valence-corrected chi connectivity index (χ0v) is 14.5. The van der Waals surface area contributed by atoms with Crippen LogP contribution in [0.1, 0.15) is 13.3 Å². The average Bonchev–Trinajstić information content (AvgIpc) is 3.15. The predicted octanol–water partition coefficient (Wildman–Crippen LogP) is 3.59. The van der Waals surface area contributed by atoms with Crippen LogP contribution in [0.25, 0.3) is 16.8 Å². The number of aromatic nitrogens is 3. The third-order valence-electron chi connectivity index (χ3n) is 4.41. The highest BCUT2D eigenvalue weighted by Crippen LogP contribution is 2.38. The molecule has 1 aromatic carbocycles. The van der Waals surface area contributed by atoms with Gasteiger partial charge in [0.2, 0.25) is 0 Å². The summed E-state index contributed by atoms with van der Waals surface area (Å²) in [6.07, 6.45) is 2.92. The van der Waals surface area contributed by atoms with Crippen molar-refractivity contribution in [3.05, 3.63) is 41.0 Å². The first-order chi connectivity index (χ1) is 11.1. The molecule has 0 amide bonds. The third-order valence-corrected chi connectivity index (χ3v) is 4.97. The van der Waals surface area contributed by atoms with Gasteiger partial charge in [-0.3, -0.25) is 0 Å². The lowest BCUT2D eigenvalue weighted by Crippen LogP contribution is -2.22. The summed E-state index contributed by atoms with van der Waals surface area (Å²) in [6, 6.07) is 10.2. The maximum absolute atomic E-state index is 6.48. The second-order valence-electron chi connectivity index (χ2n) is 6.13. The summed E-state index contributed by atoms with van der Waals surface area (Å²) in [4.78, 5) is 7.22. The van der Waals surface area contributed by atoms with Crippen molar-refractivity contribution in [2.75, 3.05) is 23.7 Å². The van der Waals surface area contributed by atoms with Gasteiger partial charge in [-0.15, -0.1) is 0 Å². The number of nitrogen functional groups attached to an aromatic ring is 1. The van der Waals surface area contributed by atoms with Crippen molar-refractivity contribution in [1.29, 1.82) is 0 Å². The molecule has 3 aromatic rings. The van der Waals surface area contributed by atoms with Crippen LogP contribution in [0.5, 0.6) is 0 Å². The first-order valence-electron chi connectivity index (χ1n) is 7.78. The summed E-state index contributed by atoms with van der Waals surface area (Å²) >= 11 is 3.52. The summed E-state index contributed by atoms with van der Waals surface area (Å²) in [7, 11) is 0. The van der Waals surface area contributed by atoms with Crippen LogP contribution in [-0.2, 0) is 0 Å². The van der Waals surface area contributed by atoms with E-state index in [9.17, 15) is 0 Å². The minimum atomic E-state index is 0.626. The molecule has 2 N–H and O–H groups in total. The van der Waals surface area contributed by atoms with E-state index < -0.39 is 0 Å². The molecule has 3 heterocycles. The van der Waals surface area contributed by atoms with Gasteiger partial charge in [0.1, 0.15) is 11.6 Å². The molecule has 1 fully saturated rings. The maximum Gasteiger partial charge on any atom is 0.173 e. The topological polar surface area (TPSA) is 59.5 Å². The molecule has 1 aliphatic heterocycles. The van der Waals surface area contributed by atoms with Crippen molar-refractivity contribution < 1.29 is 0 Å². The average molecular weight is 372 g/mol. The zero-order valence-electron chi connectivity index (χ0n) is 12.9. The standard InChI is InChI=1S/C17H18BrN5/c1-11-7-8-22(10-11)17-14(12-5-3-2-4-6-12)15(19)23-16(21-17)13(18)9-20-23/h2-6,9,11H,7-8,10,19H2,1H3/t11-/m0/s1. The molecule has 0 radical (unpaired) electrons. The van der Waals surface area contributed by atoms with E-state index in [1.165, 1.54) is 6.42 Å². The molecule has 5 nitrogen and oxygen atoms in total. The Kier molecular flexibility index (Phi) is 3.49. The molecular weight excluding hydrogens is 354 g/mol. The van der Waals surface area contributed by atoms with E-state index in [1.807, 2.05) is 18.2 Å². The van der Waals surface area contributed by atoms with Crippen LogP contribution in [0, 0.1) is 5.92 Å². The number of halogens is 1. The van der Waals surface area contributed by atoms with E-state index in [0.29, 0.717) is 11.7 Å². The van der Waals surface area contributed by atoms with E-state index in [1.54, 1.807) is 10.7 Å². The number of rotatable bonds is 2. The summed E-state index contributed by atoms with van der Waals surface area (Å²) in [6.45, 7) is 4.29. The minimum Gasteiger partial charge on any atom is -0.383 e. The van der Waals surface area contributed by atoms with Gasteiger partial charge in [-0.1, -0.05) is 37.3 Å². The predicted molar refractivity (Wildman–Crippen MR) is 96.5 cm³/mol. The van der Waals surface area contributed by atoms with Crippen LogP contribution in [0.3, 0.4) is 0 Å². The largest absolute Gasteiger partial charge is 0.383 e. The Balaban J connectivity index is 1.99. The van der Waals surface area contributed by atoms with Gasteiger partial charge in [-0.05, 0) is 33.8 Å². The lowest BCUT2D eigenvalue weighted by molar-refractivity contribution is 0.659. The molecule has 6 heteroatoms. The molecule has 1 saturated heterocycles. The molecule has 0 aliphatic carbocycles. The normalized spacial score (nSPS) is 18.0. The Hall–Kier alpha value is -2.08. The van der Waals surface area contributed by atoms with Gasteiger partial charge in [0.05, 0.1) is 16.2 Å². The van der Waals surface area contributed by atoms with Crippen molar-refractivity contribution in [1.82, 2.24) is 14.6 Å². The van der Waals surface area contributed by atoms with Crippen LogP contribution < -0.4 is 10.6 Å². The summed E-state index contributed by atoms with van der Waals surface area (Å²) in [5.74, 6) is 2.25. The van der Waals surface area contributed by atoms with Crippen molar-refractivity contribution in [2.24, 2.45) is 5.92 Å². The quantitative estimate of drug-likeness (QED) is 0.747. The van der Waals surface area contributed by atoms with E-state index in [0.717, 1.165) is 40.2 Å². The smallest absolute Gasteiger partial charge is 0.173 e. The van der Waals surface area contributed by atoms with E-state index in [-0.39, 0.29) is 0 Å². The third kappa shape index (κ3) is 2.37. The van der Waals surface area contributed by atoms with Gasteiger partial charge in [0, 0.05) is 13.1 Å². The second-order valence-corrected chi connectivity index (χ2v) is 6.98.